The van der Waals surface area contributed by atoms with E-state index in [1.165, 1.54) is 32.1 Å². The van der Waals surface area contributed by atoms with Gasteiger partial charge in [0, 0.05) is 6.61 Å². The van der Waals surface area contributed by atoms with Crippen molar-refractivity contribution in [2.45, 2.75) is 79.8 Å². The van der Waals surface area contributed by atoms with E-state index in [0.29, 0.717) is 6.10 Å². The normalized spacial score (nSPS) is 22.7. The van der Waals surface area contributed by atoms with Crippen LogP contribution in [0.4, 0.5) is 0 Å². The summed E-state index contributed by atoms with van der Waals surface area (Å²) in [6, 6.07) is 0. The van der Waals surface area contributed by atoms with Crippen molar-refractivity contribution in [3.63, 3.8) is 0 Å². The Kier molecular flexibility index (Phi) is 17.6. The lowest BCUT2D eigenvalue weighted by atomic mass is 10.0. The molecule has 0 aromatic heterocycles. The first-order valence-electron chi connectivity index (χ1n) is 7.43. The second-order valence-corrected chi connectivity index (χ2v) is 4.46. The van der Waals surface area contributed by atoms with E-state index in [4.69, 9.17) is 4.74 Å². The molecule has 0 bridgehead atoms. The molecule has 0 N–H and O–H groups in total. The topological polar surface area (TPSA) is 9.23 Å². The highest BCUT2D eigenvalue weighted by atomic mass is 16.5. The third kappa shape index (κ3) is 13.6. The predicted octanol–water partition coefficient (Wildman–Crippen LogP) is 5.60. The molecule has 1 aliphatic rings. The molecule has 0 radical (unpaired) electrons. The van der Waals surface area contributed by atoms with Crippen LogP contribution in [-0.2, 0) is 4.74 Å². The van der Waals surface area contributed by atoms with E-state index in [0.717, 1.165) is 12.5 Å². The van der Waals surface area contributed by atoms with Crippen LogP contribution in [0.25, 0.3) is 0 Å². The standard InChI is InChI=1S/C10H20O.C4H8.C2H6/c1-3-4-5-6-10-7-9(2)8-11-10;1-3-4-2;1-2/h9-10H,3-8H2,1-2H3;3-4H,1-2H3;1-2H3/b;4-3+;/t9-,10+;;/m1../s1. The van der Waals surface area contributed by atoms with Gasteiger partial charge in [-0.3, -0.25) is 0 Å². The molecule has 0 spiro atoms. The van der Waals surface area contributed by atoms with Crippen molar-refractivity contribution in [2.24, 2.45) is 5.92 Å². The Morgan fingerprint density at radius 3 is 2.06 bits per heavy atom. The van der Waals surface area contributed by atoms with Gasteiger partial charge in [0.25, 0.3) is 0 Å². The molecular formula is C16H34O. The van der Waals surface area contributed by atoms with Crippen molar-refractivity contribution < 1.29 is 4.74 Å². The molecule has 1 fully saturated rings. The number of ether oxygens (including phenoxy) is 1. The van der Waals surface area contributed by atoms with Gasteiger partial charge >= 0.3 is 0 Å². The zero-order valence-corrected chi connectivity index (χ0v) is 13.0. The third-order valence-corrected chi connectivity index (χ3v) is 2.74. The fraction of sp³-hybridized carbons (Fsp3) is 0.875. The summed E-state index contributed by atoms with van der Waals surface area (Å²) in [6.45, 7) is 13.5. The van der Waals surface area contributed by atoms with Crippen LogP contribution in [-0.4, -0.2) is 12.7 Å². The minimum Gasteiger partial charge on any atom is -0.378 e. The van der Waals surface area contributed by atoms with Crippen LogP contribution >= 0.6 is 0 Å². The van der Waals surface area contributed by atoms with E-state index < -0.39 is 0 Å². The van der Waals surface area contributed by atoms with Crippen molar-refractivity contribution in [1.82, 2.24) is 0 Å². The molecular weight excluding hydrogens is 208 g/mol. The Morgan fingerprint density at radius 1 is 1.12 bits per heavy atom. The number of hydrogen-bond donors (Lipinski definition) is 0. The quantitative estimate of drug-likeness (QED) is 0.460. The van der Waals surface area contributed by atoms with Gasteiger partial charge in [0.2, 0.25) is 0 Å². The average Bonchev–Trinajstić information content (AvgIpc) is 2.78. The van der Waals surface area contributed by atoms with Gasteiger partial charge in [-0.25, -0.2) is 0 Å². The van der Waals surface area contributed by atoms with Crippen LogP contribution in [0.15, 0.2) is 12.2 Å². The first kappa shape index (κ1) is 19.0. The zero-order chi connectivity index (χ0) is 13.5. The van der Waals surface area contributed by atoms with Gasteiger partial charge in [0.05, 0.1) is 6.10 Å². The molecule has 1 rings (SSSR count). The minimum atomic E-state index is 0.594. The fourth-order valence-electron chi connectivity index (χ4n) is 1.71. The maximum atomic E-state index is 5.61. The molecule has 1 heterocycles. The lowest BCUT2D eigenvalue weighted by Gasteiger charge is -2.07. The van der Waals surface area contributed by atoms with Gasteiger partial charge in [0.1, 0.15) is 0 Å². The summed E-state index contributed by atoms with van der Waals surface area (Å²) in [7, 11) is 0. The maximum Gasteiger partial charge on any atom is 0.0578 e. The van der Waals surface area contributed by atoms with Crippen LogP contribution in [0, 0.1) is 5.92 Å². The first-order chi connectivity index (χ1) is 8.24. The van der Waals surface area contributed by atoms with E-state index in [9.17, 15) is 0 Å². The Hall–Kier alpha value is -0.300. The largest absolute Gasteiger partial charge is 0.378 e. The predicted molar refractivity (Wildman–Crippen MR) is 79.5 cm³/mol. The van der Waals surface area contributed by atoms with Gasteiger partial charge < -0.3 is 4.74 Å². The van der Waals surface area contributed by atoms with E-state index in [1.807, 2.05) is 39.8 Å². The summed E-state index contributed by atoms with van der Waals surface area (Å²) in [5.41, 5.74) is 0. The van der Waals surface area contributed by atoms with Crippen LogP contribution < -0.4 is 0 Å². The molecule has 0 aromatic carbocycles. The second kappa shape index (κ2) is 15.7. The van der Waals surface area contributed by atoms with Crippen LogP contribution in [0.5, 0.6) is 0 Å². The average molecular weight is 242 g/mol. The molecule has 1 nitrogen and oxygen atoms in total. The SMILES string of the molecule is C/C=C/C.CC.CCCCC[C@H]1C[C@@H](C)CO1. The molecule has 0 aromatic rings. The fourth-order valence-corrected chi connectivity index (χ4v) is 1.71. The third-order valence-electron chi connectivity index (χ3n) is 2.74. The Morgan fingerprint density at radius 2 is 1.71 bits per heavy atom. The Balaban J connectivity index is 0. The van der Waals surface area contributed by atoms with Crippen LogP contribution in [0.2, 0.25) is 0 Å². The van der Waals surface area contributed by atoms with Crippen molar-refractivity contribution in [3.8, 4) is 0 Å². The molecule has 0 unspecified atom stereocenters. The summed E-state index contributed by atoms with van der Waals surface area (Å²) in [4.78, 5) is 0. The van der Waals surface area contributed by atoms with Crippen LogP contribution in [0.1, 0.15) is 73.6 Å². The van der Waals surface area contributed by atoms with Gasteiger partial charge in [-0.2, -0.15) is 0 Å². The lowest BCUT2D eigenvalue weighted by molar-refractivity contribution is 0.0987. The lowest BCUT2D eigenvalue weighted by Crippen LogP contribution is -2.03. The number of rotatable bonds is 4. The Bertz CT molecular complexity index is 148. The highest BCUT2D eigenvalue weighted by Crippen LogP contribution is 2.22. The minimum absolute atomic E-state index is 0.594. The molecule has 0 amide bonds. The molecule has 0 aliphatic carbocycles. The summed E-state index contributed by atoms with van der Waals surface area (Å²) in [5, 5.41) is 0. The highest BCUT2D eigenvalue weighted by Gasteiger charge is 2.20. The monoisotopic (exact) mass is 242 g/mol. The molecule has 0 saturated carbocycles. The van der Waals surface area contributed by atoms with Gasteiger partial charge in [-0.15, -0.1) is 0 Å². The summed E-state index contributed by atoms with van der Waals surface area (Å²) < 4.78 is 5.61. The molecule has 17 heavy (non-hydrogen) atoms. The maximum absolute atomic E-state index is 5.61. The first-order valence-corrected chi connectivity index (χ1v) is 7.43. The summed E-state index contributed by atoms with van der Waals surface area (Å²) >= 11 is 0. The molecule has 2 atom stereocenters. The zero-order valence-electron chi connectivity index (χ0n) is 13.0. The number of unbranched alkanes of at least 4 members (excludes halogenated alkanes) is 2. The number of allylic oxidation sites excluding steroid dienone is 2. The van der Waals surface area contributed by atoms with Crippen molar-refractivity contribution in [3.05, 3.63) is 12.2 Å². The van der Waals surface area contributed by atoms with Gasteiger partial charge in [-0.1, -0.05) is 59.1 Å². The summed E-state index contributed by atoms with van der Waals surface area (Å²) in [5.74, 6) is 0.807. The van der Waals surface area contributed by atoms with Crippen molar-refractivity contribution in [1.29, 1.82) is 0 Å². The van der Waals surface area contributed by atoms with Crippen molar-refractivity contribution in [2.75, 3.05) is 6.61 Å². The molecule has 1 heteroatoms. The van der Waals surface area contributed by atoms with Gasteiger partial charge in [0.15, 0.2) is 0 Å². The van der Waals surface area contributed by atoms with E-state index in [2.05, 4.69) is 13.8 Å². The van der Waals surface area contributed by atoms with E-state index in [1.54, 1.807) is 0 Å². The smallest absolute Gasteiger partial charge is 0.0578 e. The number of hydrogen-bond acceptors (Lipinski definition) is 1. The van der Waals surface area contributed by atoms with E-state index >= 15 is 0 Å². The van der Waals surface area contributed by atoms with E-state index in [-0.39, 0.29) is 0 Å². The Labute approximate surface area is 110 Å². The molecule has 1 aliphatic heterocycles. The molecule has 104 valence electrons. The second-order valence-electron chi connectivity index (χ2n) is 4.46. The molecule has 1 saturated heterocycles. The van der Waals surface area contributed by atoms with Crippen molar-refractivity contribution >= 4 is 0 Å². The highest BCUT2D eigenvalue weighted by molar-refractivity contribution is 4.70. The van der Waals surface area contributed by atoms with Crippen LogP contribution in [0.3, 0.4) is 0 Å². The van der Waals surface area contributed by atoms with Gasteiger partial charge in [-0.05, 0) is 32.6 Å². The summed E-state index contributed by atoms with van der Waals surface area (Å²) in [6.07, 6.45) is 11.2.